The number of carbonyl (C=O) groups is 1. The molecular weight excluding hydrogens is 266 g/mol. The molecule has 106 valence electrons. The molecule has 1 atom stereocenters. The molecule has 0 fully saturated rings. The van der Waals surface area contributed by atoms with Crippen molar-refractivity contribution in [3.8, 4) is 11.5 Å². The zero-order valence-corrected chi connectivity index (χ0v) is 11.7. The third-order valence-electron chi connectivity index (χ3n) is 4.08. The van der Waals surface area contributed by atoms with Gasteiger partial charge < -0.3 is 14.4 Å². The van der Waals surface area contributed by atoms with Gasteiger partial charge in [-0.3, -0.25) is 4.79 Å². The van der Waals surface area contributed by atoms with Crippen molar-refractivity contribution in [2.24, 2.45) is 0 Å². The molecular formula is C17H15NO3. The van der Waals surface area contributed by atoms with Crippen LogP contribution in [0, 0.1) is 0 Å². The first-order chi connectivity index (χ1) is 10.2. The SMILES string of the molecule is CC1CN(C(=O)c2ccc3c(c2)OCO3)c2ccccc21. The highest BCUT2D eigenvalue weighted by atomic mass is 16.7. The van der Waals surface area contributed by atoms with Gasteiger partial charge in [-0.05, 0) is 29.8 Å². The topological polar surface area (TPSA) is 38.8 Å². The summed E-state index contributed by atoms with van der Waals surface area (Å²) >= 11 is 0. The van der Waals surface area contributed by atoms with E-state index in [0.29, 0.717) is 29.5 Å². The molecule has 0 saturated heterocycles. The van der Waals surface area contributed by atoms with Crippen LogP contribution in [0.15, 0.2) is 42.5 Å². The first-order valence-electron chi connectivity index (χ1n) is 7.04. The van der Waals surface area contributed by atoms with Crippen molar-refractivity contribution in [1.29, 1.82) is 0 Å². The number of fused-ring (bicyclic) bond motifs is 2. The third-order valence-corrected chi connectivity index (χ3v) is 4.08. The molecule has 0 N–H and O–H groups in total. The average molecular weight is 281 g/mol. The first kappa shape index (κ1) is 12.3. The maximum atomic E-state index is 12.8. The van der Waals surface area contributed by atoms with E-state index in [1.165, 1.54) is 5.56 Å². The molecule has 4 rings (SSSR count). The highest BCUT2D eigenvalue weighted by Gasteiger charge is 2.30. The molecule has 4 nitrogen and oxygen atoms in total. The molecule has 2 aromatic rings. The zero-order valence-electron chi connectivity index (χ0n) is 11.7. The number of ether oxygens (including phenoxy) is 2. The number of benzene rings is 2. The van der Waals surface area contributed by atoms with Gasteiger partial charge in [0.1, 0.15) is 0 Å². The predicted octanol–water partition coefficient (Wildman–Crippen LogP) is 3.18. The zero-order chi connectivity index (χ0) is 14.4. The molecule has 4 heteroatoms. The molecule has 21 heavy (non-hydrogen) atoms. The third kappa shape index (κ3) is 1.87. The second-order valence-corrected chi connectivity index (χ2v) is 5.44. The van der Waals surface area contributed by atoms with E-state index >= 15 is 0 Å². The van der Waals surface area contributed by atoms with E-state index < -0.39 is 0 Å². The summed E-state index contributed by atoms with van der Waals surface area (Å²) in [5.74, 6) is 1.70. The number of anilines is 1. The van der Waals surface area contributed by atoms with Gasteiger partial charge >= 0.3 is 0 Å². The Kier molecular flexibility index (Phi) is 2.64. The molecule has 0 aliphatic carbocycles. The van der Waals surface area contributed by atoms with E-state index in [1.54, 1.807) is 18.2 Å². The lowest BCUT2D eigenvalue weighted by molar-refractivity contribution is 0.0988. The maximum absolute atomic E-state index is 12.8. The van der Waals surface area contributed by atoms with Crippen molar-refractivity contribution >= 4 is 11.6 Å². The van der Waals surface area contributed by atoms with E-state index in [4.69, 9.17) is 9.47 Å². The van der Waals surface area contributed by atoms with E-state index in [9.17, 15) is 4.79 Å². The van der Waals surface area contributed by atoms with Crippen LogP contribution in [-0.4, -0.2) is 19.2 Å². The molecule has 2 aliphatic heterocycles. The number of hydrogen-bond acceptors (Lipinski definition) is 3. The summed E-state index contributed by atoms with van der Waals surface area (Å²) in [5, 5.41) is 0. The van der Waals surface area contributed by atoms with Crippen LogP contribution in [0.1, 0.15) is 28.8 Å². The number of para-hydroxylation sites is 1. The summed E-state index contributed by atoms with van der Waals surface area (Å²) in [7, 11) is 0. The lowest BCUT2D eigenvalue weighted by atomic mass is 10.0. The van der Waals surface area contributed by atoms with Gasteiger partial charge in [0.25, 0.3) is 5.91 Å². The van der Waals surface area contributed by atoms with Gasteiger partial charge in [-0.15, -0.1) is 0 Å². The van der Waals surface area contributed by atoms with Crippen LogP contribution in [0.4, 0.5) is 5.69 Å². The largest absolute Gasteiger partial charge is 0.454 e. The van der Waals surface area contributed by atoms with Crippen LogP contribution >= 0.6 is 0 Å². The summed E-state index contributed by atoms with van der Waals surface area (Å²) in [6.07, 6.45) is 0. The standard InChI is InChI=1S/C17H15NO3/c1-11-9-18(14-5-3-2-4-13(11)14)17(19)12-6-7-15-16(8-12)21-10-20-15/h2-8,11H,9-10H2,1H3. The molecule has 2 aromatic carbocycles. The van der Waals surface area contributed by atoms with Gasteiger partial charge in [-0.2, -0.15) is 0 Å². The van der Waals surface area contributed by atoms with Crippen LogP contribution in [0.5, 0.6) is 11.5 Å². The Morgan fingerprint density at radius 3 is 2.86 bits per heavy atom. The molecule has 0 bridgehead atoms. The highest BCUT2D eigenvalue weighted by Crippen LogP contribution is 2.38. The number of hydrogen-bond donors (Lipinski definition) is 0. The van der Waals surface area contributed by atoms with Crippen molar-refractivity contribution in [1.82, 2.24) is 0 Å². The van der Waals surface area contributed by atoms with Gasteiger partial charge in [-0.25, -0.2) is 0 Å². The Labute approximate surface area is 122 Å². The molecule has 0 spiro atoms. The van der Waals surface area contributed by atoms with Gasteiger partial charge in [0.15, 0.2) is 11.5 Å². The monoisotopic (exact) mass is 281 g/mol. The van der Waals surface area contributed by atoms with E-state index in [2.05, 4.69) is 13.0 Å². The second kappa shape index (κ2) is 4.52. The number of carbonyl (C=O) groups excluding carboxylic acids is 1. The summed E-state index contributed by atoms with van der Waals surface area (Å²) in [6.45, 7) is 3.08. The Morgan fingerprint density at radius 1 is 1.14 bits per heavy atom. The fourth-order valence-electron chi connectivity index (χ4n) is 3.00. The Bertz CT molecular complexity index is 726. The number of nitrogens with zero attached hydrogens (tertiary/aromatic N) is 1. The minimum absolute atomic E-state index is 0.00472. The summed E-state index contributed by atoms with van der Waals surface area (Å²) in [5.41, 5.74) is 2.86. The predicted molar refractivity (Wildman–Crippen MR) is 79.1 cm³/mol. The van der Waals surface area contributed by atoms with Gasteiger partial charge in [0.05, 0.1) is 0 Å². The van der Waals surface area contributed by atoms with Crippen molar-refractivity contribution in [3.63, 3.8) is 0 Å². The van der Waals surface area contributed by atoms with Gasteiger partial charge in [0, 0.05) is 23.7 Å². The van der Waals surface area contributed by atoms with Crippen LogP contribution in [0.25, 0.3) is 0 Å². The molecule has 2 heterocycles. The van der Waals surface area contributed by atoms with Crippen LogP contribution < -0.4 is 14.4 Å². The fourth-order valence-corrected chi connectivity index (χ4v) is 3.00. The molecule has 1 amide bonds. The van der Waals surface area contributed by atoms with Gasteiger partial charge in [0.2, 0.25) is 6.79 Å². The highest BCUT2D eigenvalue weighted by molar-refractivity contribution is 6.07. The van der Waals surface area contributed by atoms with Crippen LogP contribution in [0.2, 0.25) is 0 Å². The first-order valence-corrected chi connectivity index (χ1v) is 7.04. The van der Waals surface area contributed by atoms with Crippen molar-refractivity contribution in [2.75, 3.05) is 18.2 Å². The lowest BCUT2D eigenvalue weighted by Crippen LogP contribution is -2.29. The Balaban J connectivity index is 1.70. The number of rotatable bonds is 1. The summed E-state index contributed by atoms with van der Waals surface area (Å²) in [6, 6.07) is 13.4. The van der Waals surface area contributed by atoms with Crippen molar-refractivity contribution < 1.29 is 14.3 Å². The Morgan fingerprint density at radius 2 is 1.95 bits per heavy atom. The summed E-state index contributed by atoms with van der Waals surface area (Å²) in [4.78, 5) is 14.6. The molecule has 0 saturated carbocycles. The normalized spacial score (nSPS) is 18.7. The lowest BCUT2D eigenvalue weighted by Gasteiger charge is -2.17. The van der Waals surface area contributed by atoms with Crippen LogP contribution in [0.3, 0.4) is 0 Å². The number of amides is 1. The minimum atomic E-state index is 0.00472. The summed E-state index contributed by atoms with van der Waals surface area (Å²) < 4.78 is 10.6. The van der Waals surface area contributed by atoms with Crippen molar-refractivity contribution in [3.05, 3.63) is 53.6 Å². The molecule has 0 radical (unpaired) electrons. The fraction of sp³-hybridized carbons (Fsp3) is 0.235. The van der Waals surface area contributed by atoms with Gasteiger partial charge in [-0.1, -0.05) is 25.1 Å². The van der Waals surface area contributed by atoms with Crippen molar-refractivity contribution in [2.45, 2.75) is 12.8 Å². The van der Waals surface area contributed by atoms with E-state index in [0.717, 1.165) is 5.69 Å². The minimum Gasteiger partial charge on any atom is -0.454 e. The molecule has 2 aliphatic rings. The second-order valence-electron chi connectivity index (χ2n) is 5.44. The maximum Gasteiger partial charge on any atom is 0.258 e. The molecule has 0 aromatic heterocycles. The quantitative estimate of drug-likeness (QED) is 0.806. The smallest absolute Gasteiger partial charge is 0.258 e. The van der Waals surface area contributed by atoms with Crippen LogP contribution in [-0.2, 0) is 0 Å². The average Bonchev–Trinajstić information content (AvgIpc) is 3.11. The van der Waals surface area contributed by atoms with E-state index in [-0.39, 0.29) is 12.7 Å². The van der Waals surface area contributed by atoms with E-state index in [1.807, 2.05) is 23.1 Å². The molecule has 1 unspecified atom stereocenters. The Hall–Kier alpha value is -2.49.